The predicted octanol–water partition coefficient (Wildman–Crippen LogP) is 1.68. The van der Waals surface area contributed by atoms with Crippen LogP contribution in [0.5, 0.6) is 0 Å². The predicted molar refractivity (Wildman–Crippen MR) is 75.2 cm³/mol. The molecule has 1 fully saturated rings. The van der Waals surface area contributed by atoms with Gasteiger partial charge in [-0.1, -0.05) is 20.3 Å². The van der Waals surface area contributed by atoms with Crippen LogP contribution in [0.25, 0.3) is 0 Å². The molecule has 3 nitrogen and oxygen atoms in total. The van der Waals surface area contributed by atoms with E-state index in [0.29, 0.717) is 11.8 Å². The number of nitrogens with zero attached hydrogens (tertiary/aromatic N) is 1. The molecular formula is C14H31N3. The maximum absolute atomic E-state index is 5.76. The average Bonchev–Trinajstić information content (AvgIpc) is 2.34. The van der Waals surface area contributed by atoms with E-state index in [-0.39, 0.29) is 0 Å². The topological polar surface area (TPSA) is 41.3 Å². The summed E-state index contributed by atoms with van der Waals surface area (Å²) < 4.78 is 0. The zero-order valence-corrected chi connectivity index (χ0v) is 11.8. The second-order valence-electron chi connectivity index (χ2n) is 5.70. The van der Waals surface area contributed by atoms with Crippen LogP contribution in [0.1, 0.15) is 39.5 Å². The molecule has 1 aliphatic heterocycles. The van der Waals surface area contributed by atoms with Crippen LogP contribution in [0, 0.1) is 11.8 Å². The Morgan fingerprint density at radius 1 is 1.18 bits per heavy atom. The lowest BCUT2D eigenvalue weighted by atomic mass is 9.96. The highest BCUT2D eigenvalue weighted by Crippen LogP contribution is 2.09. The maximum atomic E-state index is 5.76. The van der Waals surface area contributed by atoms with Crippen LogP contribution in [-0.2, 0) is 0 Å². The van der Waals surface area contributed by atoms with Crippen molar-refractivity contribution in [3.63, 3.8) is 0 Å². The summed E-state index contributed by atoms with van der Waals surface area (Å²) in [5.74, 6) is 1.32. The molecule has 0 aromatic rings. The molecule has 102 valence electrons. The van der Waals surface area contributed by atoms with Crippen molar-refractivity contribution in [1.82, 2.24) is 10.2 Å². The fourth-order valence-corrected chi connectivity index (χ4v) is 2.49. The Bertz CT molecular complexity index is 176. The van der Waals surface area contributed by atoms with Gasteiger partial charge in [-0.3, -0.25) is 0 Å². The highest BCUT2D eigenvalue weighted by atomic mass is 15.1. The van der Waals surface area contributed by atoms with E-state index in [9.17, 15) is 0 Å². The van der Waals surface area contributed by atoms with E-state index in [0.717, 1.165) is 19.6 Å². The summed E-state index contributed by atoms with van der Waals surface area (Å²) >= 11 is 0. The van der Waals surface area contributed by atoms with Crippen molar-refractivity contribution in [3.05, 3.63) is 0 Å². The van der Waals surface area contributed by atoms with Crippen LogP contribution in [0.2, 0.25) is 0 Å². The van der Waals surface area contributed by atoms with Crippen molar-refractivity contribution in [3.8, 4) is 0 Å². The number of likely N-dealkylation sites (tertiary alicyclic amines) is 1. The molecule has 3 N–H and O–H groups in total. The fraction of sp³-hybridized carbons (Fsp3) is 1.00. The van der Waals surface area contributed by atoms with Crippen LogP contribution in [0.3, 0.4) is 0 Å². The third-order valence-electron chi connectivity index (χ3n) is 3.93. The second-order valence-corrected chi connectivity index (χ2v) is 5.70. The van der Waals surface area contributed by atoms with Crippen molar-refractivity contribution in [2.45, 2.75) is 39.5 Å². The first kappa shape index (κ1) is 14.9. The number of piperidine rings is 1. The normalized spacial score (nSPS) is 19.8. The summed E-state index contributed by atoms with van der Waals surface area (Å²) in [4.78, 5) is 2.61. The Labute approximate surface area is 107 Å². The largest absolute Gasteiger partial charge is 0.330 e. The van der Waals surface area contributed by atoms with Gasteiger partial charge in [0.05, 0.1) is 0 Å². The summed E-state index contributed by atoms with van der Waals surface area (Å²) in [6.07, 6.45) is 5.50. The highest BCUT2D eigenvalue weighted by molar-refractivity contribution is 4.68. The van der Waals surface area contributed by atoms with Gasteiger partial charge in [-0.25, -0.2) is 0 Å². The Morgan fingerprint density at radius 2 is 1.88 bits per heavy atom. The van der Waals surface area contributed by atoms with Crippen molar-refractivity contribution < 1.29 is 0 Å². The van der Waals surface area contributed by atoms with E-state index in [2.05, 4.69) is 24.1 Å². The van der Waals surface area contributed by atoms with E-state index in [4.69, 9.17) is 5.73 Å². The van der Waals surface area contributed by atoms with Crippen molar-refractivity contribution in [1.29, 1.82) is 0 Å². The standard InChI is InChI=1S/C14H31N3/c1-13(2)14(11-15)12-16-7-6-10-17-8-4-3-5-9-17/h13-14,16H,3-12,15H2,1-2H3. The zero-order chi connectivity index (χ0) is 12.5. The molecule has 1 unspecified atom stereocenters. The molecule has 0 radical (unpaired) electrons. The van der Waals surface area contributed by atoms with Gasteiger partial charge in [0.25, 0.3) is 0 Å². The minimum atomic E-state index is 0.630. The molecule has 1 rings (SSSR count). The molecule has 0 saturated carbocycles. The molecule has 0 amide bonds. The molecule has 17 heavy (non-hydrogen) atoms. The lowest BCUT2D eigenvalue weighted by Crippen LogP contribution is -2.35. The summed E-state index contributed by atoms with van der Waals surface area (Å²) in [7, 11) is 0. The summed E-state index contributed by atoms with van der Waals surface area (Å²) in [6, 6.07) is 0. The summed E-state index contributed by atoms with van der Waals surface area (Å²) in [5, 5.41) is 3.55. The van der Waals surface area contributed by atoms with Gasteiger partial charge in [-0.05, 0) is 70.4 Å². The first-order valence-corrected chi connectivity index (χ1v) is 7.37. The molecule has 0 aliphatic carbocycles. The molecule has 0 aromatic heterocycles. The SMILES string of the molecule is CC(C)C(CN)CNCCCN1CCCCC1. The van der Waals surface area contributed by atoms with Gasteiger partial charge >= 0.3 is 0 Å². The molecular weight excluding hydrogens is 210 g/mol. The van der Waals surface area contributed by atoms with E-state index in [1.807, 2.05) is 0 Å². The molecule has 0 aromatic carbocycles. The Hall–Kier alpha value is -0.120. The van der Waals surface area contributed by atoms with Gasteiger partial charge in [-0.2, -0.15) is 0 Å². The smallest absolute Gasteiger partial charge is 0.000600 e. The Kier molecular flexibility index (Phi) is 7.82. The van der Waals surface area contributed by atoms with Gasteiger partial charge in [0.15, 0.2) is 0 Å². The third-order valence-corrected chi connectivity index (χ3v) is 3.93. The second kappa shape index (κ2) is 8.90. The van der Waals surface area contributed by atoms with Gasteiger partial charge in [-0.15, -0.1) is 0 Å². The van der Waals surface area contributed by atoms with Gasteiger partial charge in [0.2, 0.25) is 0 Å². The van der Waals surface area contributed by atoms with Gasteiger partial charge in [0, 0.05) is 0 Å². The Balaban J connectivity index is 1.96. The first-order chi connectivity index (χ1) is 8.24. The van der Waals surface area contributed by atoms with E-state index >= 15 is 0 Å². The minimum Gasteiger partial charge on any atom is -0.330 e. The quantitative estimate of drug-likeness (QED) is 0.635. The maximum Gasteiger partial charge on any atom is -0.000600 e. The molecule has 1 saturated heterocycles. The van der Waals surface area contributed by atoms with Crippen LogP contribution < -0.4 is 11.1 Å². The van der Waals surface area contributed by atoms with Gasteiger partial charge < -0.3 is 16.0 Å². The minimum absolute atomic E-state index is 0.630. The number of nitrogens with two attached hydrogens (primary N) is 1. The Morgan fingerprint density at radius 3 is 2.47 bits per heavy atom. The van der Waals surface area contributed by atoms with Crippen LogP contribution in [0.15, 0.2) is 0 Å². The summed E-state index contributed by atoms with van der Waals surface area (Å²) in [5.41, 5.74) is 5.76. The van der Waals surface area contributed by atoms with Crippen molar-refractivity contribution >= 4 is 0 Å². The zero-order valence-electron chi connectivity index (χ0n) is 11.8. The van der Waals surface area contributed by atoms with E-state index in [1.54, 1.807) is 0 Å². The molecule has 1 aliphatic rings. The average molecular weight is 241 g/mol. The molecule has 0 spiro atoms. The van der Waals surface area contributed by atoms with Crippen LogP contribution in [0.4, 0.5) is 0 Å². The van der Waals surface area contributed by atoms with E-state index < -0.39 is 0 Å². The number of hydrogen-bond acceptors (Lipinski definition) is 3. The highest BCUT2D eigenvalue weighted by Gasteiger charge is 2.11. The van der Waals surface area contributed by atoms with Crippen molar-refractivity contribution in [2.75, 3.05) is 39.3 Å². The number of rotatable bonds is 8. The fourth-order valence-electron chi connectivity index (χ4n) is 2.49. The lowest BCUT2D eigenvalue weighted by Gasteiger charge is -2.26. The van der Waals surface area contributed by atoms with Crippen LogP contribution in [-0.4, -0.2) is 44.2 Å². The van der Waals surface area contributed by atoms with Crippen LogP contribution >= 0.6 is 0 Å². The molecule has 1 atom stereocenters. The number of nitrogens with one attached hydrogen (secondary N) is 1. The third kappa shape index (κ3) is 6.39. The van der Waals surface area contributed by atoms with E-state index in [1.165, 1.54) is 45.3 Å². The number of hydrogen-bond donors (Lipinski definition) is 2. The first-order valence-electron chi connectivity index (χ1n) is 7.37. The van der Waals surface area contributed by atoms with Gasteiger partial charge in [0.1, 0.15) is 0 Å². The molecule has 1 heterocycles. The molecule has 0 bridgehead atoms. The lowest BCUT2D eigenvalue weighted by molar-refractivity contribution is 0.225. The monoisotopic (exact) mass is 241 g/mol. The summed E-state index contributed by atoms with van der Waals surface area (Å²) in [6.45, 7) is 11.4. The van der Waals surface area contributed by atoms with Crippen molar-refractivity contribution in [2.24, 2.45) is 17.6 Å². The molecule has 3 heteroatoms.